The summed E-state index contributed by atoms with van der Waals surface area (Å²) in [7, 11) is 0. The standard InChI is InChI=1S/C16H17Cl2NO/c1-2-10-20-16-9-4-3-8-15(16)19-11-12-13(17)6-5-7-14(12)18/h3-9,19H,2,10-11H2,1H3. The topological polar surface area (TPSA) is 21.3 Å². The molecule has 0 radical (unpaired) electrons. The van der Waals surface area contributed by atoms with Crippen molar-refractivity contribution in [2.45, 2.75) is 19.9 Å². The van der Waals surface area contributed by atoms with E-state index in [1.807, 2.05) is 42.5 Å². The molecular formula is C16H17Cl2NO. The Morgan fingerprint density at radius 1 is 1.00 bits per heavy atom. The Hall–Kier alpha value is -1.38. The molecule has 0 aromatic heterocycles. The molecule has 2 aromatic carbocycles. The van der Waals surface area contributed by atoms with Crippen molar-refractivity contribution in [1.82, 2.24) is 0 Å². The molecule has 0 spiro atoms. The zero-order chi connectivity index (χ0) is 14.4. The second-order valence-corrected chi connectivity index (χ2v) is 5.21. The Morgan fingerprint density at radius 3 is 2.40 bits per heavy atom. The van der Waals surface area contributed by atoms with Gasteiger partial charge in [0.15, 0.2) is 0 Å². The number of rotatable bonds is 6. The van der Waals surface area contributed by atoms with Crippen LogP contribution in [0.1, 0.15) is 18.9 Å². The van der Waals surface area contributed by atoms with Gasteiger partial charge in [0.2, 0.25) is 0 Å². The molecule has 2 aromatic rings. The van der Waals surface area contributed by atoms with Crippen molar-refractivity contribution in [3.63, 3.8) is 0 Å². The van der Waals surface area contributed by atoms with Crippen LogP contribution in [0.5, 0.6) is 5.75 Å². The molecule has 2 rings (SSSR count). The highest BCUT2D eigenvalue weighted by atomic mass is 35.5. The van der Waals surface area contributed by atoms with Crippen LogP contribution in [0, 0.1) is 0 Å². The van der Waals surface area contributed by atoms with E-state index in [-0.39, 0.29) is 0 Å². The summed E-state index contributed by atoms with van der Waals surface area (Å²) in [5.74, 6) is 0.845. The number of anilines is 1. The van der Waals surface area contributed by atoms with Crippen molar-refractivity contribution >= 4 is 28.9 Å². The van der Waals surface area contributed by atoms with E-state index in [1.54, 1.807) is 0 Å². The van der Waals surface area contributed by atoms with Gasteiger partial charge in [-0.2, -0.15) is 0 Å². The fourth-order valence-electron chi connectivity index (χ4n) is 1.84. The van der Waals surface area contributed by atoms with Crippen LogP contribution in [0.4, 0.5) is 5.69 Å². The number of para-hydroxylation sites is 2. The minimum absolute atomic E-state index is 0.561. The van der Waals surface area contributed by atoms with Crippen LogP contribution in [0.2, 0.25) is 10.0 Å². The first-order valence-corrected chi connectivity index (χ1v) is 7.36. The monoisotopic (exact) mass is 309 g/mol. The number of nitrogens with one attached hydrogen (secondary N) is 1. The summed E-state index contributed by atoms with van der Waals surface area (Å²) in [5, 5.41) is 4.65. The average molecular weight is 310 g/mol. The molecule has 4 heteroatoms. The highest BCUT2D eigenvalue weighted by Crippen LogP contribution is 2.28. The third-order valence-electron chi connectivity index (χ3n) is 2.87. The lowest BCUT2D eigenvalue weighted by Gasteiger charge is -2.14. The van der Waals surface area contributed by atoms with Gasteiger partial charge in [-0.25, -0.2) is 0 Å². The fourth-order valence-corrected chi connectivity index (χ4v) is 2.37. The maximum Gasteiger partial charge on any atom is 0.142 e. The van der Waals surface area contributed by atoms with Crippen molar-refractivity contribution in [1.29, 1.82) is 0 Å². The molecule has 2 nitrogen and oxygen atoms in total. The van der Waals surface area contributed by atoms with Crippen LogP contribution in [0.25, 0.3) is 0 Å². The molecule has 0 aliphatic rings. The quantitative estimate of drug-likeness (QED) is 0.772. The molecular weight excluding hydrogens is 293 g/mol. The molecule has 1 N–H and O–H groups in total. The van der Waals surface area contributed by atoms with E-state index in [0.717, 1.165) is 23.4 Å². The van der Waals surface area contributed by atoms with Crippen LogP contribution in [-0.2, 0) is 6.54 Å². The average Bonchev–Trinajstić information content (AvgIpc) is 2.45. The molecule has 0 unspecified atom stereocenters. The van der Waals surface area contributed by atoms with Crippen molar-refractivity contribution in [2.24, 2.45) is 0 Å². The van der Waals surface area contributed by atoms with Gasteiger partial charge < -0.3 is 10.1 Å². The van der Waals surface area contributed by atoms with Gasteiger partial charge in [0.1, 0.15) is 5.75 Å². The van der Waals surface area contributed by atoms with Crippen LogP contribution in [-0.4, -0.2) is 6.61 Å². The van der Waals surface area contributed by atoms with E-state index < -0.39 is 0 Å². The van der Waals surface area contributed by atoms with Gasteiger partial charge in [0.25, 0.3) is 0 Å². The summed E-state index contributed by atoms with van der Waals surface area (Å²) in [6.45, 7) is 3.34. The predicted octanol–water partition coefficient (Wildman–Crippen LogP) is 5.39. The van der Waals surface area contributed by atoms with E-state index in [4.69, 9.17) is 27.9 Å². The van der Waals surface area contributed by atoms with Gasteiger partial charge >= 0.3 is 0 Å². The Balaban J connectivity index is 2.11. The third kappa shape index (κ3) is 3.81. The molecule has 0 atom stereocenters. The van der Waals surface area contributed by atoms with Gasteiger partial charge in [-0.1, -0.05) is 48.3 Å². The maximum absolute atomic E-state index is 6.16. The first-order chi connectivity index (χ1) is 9.72. The molecule has 0 amide bonds. The highest BCUT2D eigenvalue weighted by molar-refractivity contribution is 6.36. The normalized spacial score (nSPS) is 10.3. The van der Waals surface area contributed by atoms with Crippen LogP contribution in [0.15, 0.2) is 42.5 Å². The summed E-state index contributed by atoms with van der Waals surface area (Å²) >= 11 is 12.3. The summed E-state index contributed by atoms with van der Waals surface area (Å²) < 4.78 is 5.71. The van der Waals surface area contributed by atoms with Gasteiger partial charge in [0, 0.05) is 22.2 Å². The molecule has 0 bridgehead atoms. The van der Waals surface area contributed by atoms with E-state index in [2.05, 4.69) is 12.2 Å². The first-order valence-electron chi connectivity index (χ1n) is 6.61. The Bertz CT molecular complexity index is 552. The molecule has 0 saturated carbocycles. The third-order valence-corrected chi connectivity index (χ3v) is 3.57. The predicted molar refractivity (Wildman–Crippen MR) is 86.0 cm³/mol. The molecule has 0 aliphatic carbocycles. The lowest BCUT2D eigenvalue weighted by atomic mass is 10.2. The van der Waals surface area contributed by atoms with Crippen molar-refractivity contribution in [2.75, 3.05) is 11.9 Å². The molecule has 106 valence electrons. The number of hydrogen-bond acceptors (Lipinski definition) is 2. The minimum atomic E-state index is 0.561. The van der Waals surface area contributed by atoms with Gasteiger partial charge in [-0.3, -0.25) is 0 Å². The van der Waals surface area contributed by atoms with Gasteiger partial charge in [-0.15, -0.1) is 0 Å². The Kier molecular flexibility index (Phi) is 5.57. The lowest BCUT2D eigenvalue weighted by Crippen LogP contribution is -2.04. The largest absolute Gasteiger partial charge is 0.491 e. The van der Waals surface area contributed by atoms with Crippen LogP contribution in [0.3, 0.4) is 0 Å². The zero-order valence-electron chi connectivity index (χ0n) is 11.3. The summed E-state index contributed by atoms with van der Waals surface area (Å²) in [6.07, 6.45) is 0.977. The smallest absolute Gasteiger partial charge is 0.142 e. The van der Waals surface area contributed by atoms with Gasteiger partial charge in [0.05, 0.1) is 12.3 Å². The molecule has 0 aliphatic heterocycles. The van der Waals surface area contributed by atoms with Crippen LogP contribution >= 0.6 is 23.2 Å². The van der Waals surface area contributed by atoms with E-state index in [0.29, 0.717) is 23.2 Å². The summed E-state index contributed by atoms with van der Waals surface area (Å²) in [5.41, 5.74) is 1.83. The molecule has 20 heavy (non-hydrogen) atoms. The summed E-state index contributed by atoms with van der Waals surface area (Å²) in [6, 6.07) is 13.4. The Labute approximate surface area is 129 Å². The number of ether oxygens (including phenoxy) is 1. The lowest BCUT2D eigenvalue weighted by molar-refractivity contribution is 0.319. The van der Waals surface area contributed by atoms with Gasteiger partial charge in [-0.05, 0) is 30.7 Å². The maximum atomic E-state index is 6.16. The highest BCUT2D eigenvalue weighted by Gasteiger charge is 2.07. The van der Waals surface area contributed by atoms with E-state index in [9.17, 15) is 0 Å². The van der Waals surface area contributed by atoms with Crippen LogP contribution < -0.4 is 10.1 Å². The number of hydrogen-bond donors (Lipinski definition) is 1. The second-order valence-electron chi connectivity index (χ2n) is 4.40. The zero-order valence-corrected chi connectivity index (χ0v) is 12.8. The summed E-state index contributed by atoms with van der Waals surface area (Å²) in [4.78, 5) is 0. The van der Waals surface area contributed by atoms with E-state index >= 15 is 0 Å². The van der Waals surface area contributed by atoms with E-state index in [1.165, 1.54) is 0 Å². The SMILES string of the molecule is CCCOc1ccccc1NCc1c(Cl)cccc1Cl. The fraction of sp³-hybridized carbons (Fsp3) is 0.250. The number of halogens is 2. The van der Waals surface area contributed by atoms with Crippen molar-refractivity contribution in [3.8, 4) is 5.75 Å². The second kappa shape index (κ2) is 7.41. The minimum Gasteiger partial charge on any atom is -0.491 e. The molecule has 0 fully saturated rings. The molecule has 0 saturated heterocycles. The molecule has 0 heterocycles. The van der Waals surface area contributed by atoms with Crippen molar-refractivity contribution in [3.05, 3.63) is 58.1 Å². The number of benzene rings is 2. The van der Waals surface area contributed by atoms with Crippen molar-refractivity contribution < 1.29 is 4.74 Å². The first kappa shape index (κ1) is 15.0. The Morgan fingerprint density at radius 2 is 1.70 bits per heavy atom.